The molecule has 1 atom stereocenters. The highest BCUT2D eigenvalue weighted by molar-refractivity contribution is 5.74. The van der Waals surface area contributed by atoms with Crippen molar-refractivity contribution >= 4 is 5.97 Å². The SMILES string of the molecule is CCCCOC(=O)[C@@H](C)Oc1ccc(C)cc1. The normalized spacial score (nSPS) is 11.9. The number of hydrogen-bond donors (Lipinski definition) is 0. The molecule has 0 aliphatic carbocycles. The molecule has 1 rings (SSSR count). The fraction of sp³-hybridized carbons (Fsp3) is 0.500. The number of unbranched alkanes of at least 4 members (excludes halogenated alkanes) is 1. The molecule has 0 bridgehead atoms. The minimum Gasteiger partial charge on any atom is -0.479 e. The van der Waals surface area contributed by atoms with Crippen molar-refractivity contribution in [1.29, 1.82) is 0 Å². The monoisotopic (exact) mass is 236 g/mol. The highest BCUT2D eigenvalue weighted by Gasteiger charge is 2.15. The van der Waals surface area contributed by atoms with Crippen molar-refractivity contribution < 1.29 is 14.3 Å². The lowest BCUT2D eigenvalue weighted by Gasteiger charge is -2.13. The zero-order valence-electron chi connectivity index (χ0n) is 10.7. The third-order valence-electron chi connectivity index (χ3n) is 2.41. The lowest BCUT2D eigenvalue weighted by molar-refractivity contribution is -0.151. The van der Waals surface area contributed by atoms with E-state index < -0.39 is 6.10 Å². The summed E-state index contributed by atoms with van der Waals surface area (Å²) in [6, 6.07) is 7.60. The van der Waals surface area contributed by atoms with Gasteiger partial charge in [-0.1, -0.05) is 31.0 Å². The average Bonchev–Trinajstić information content (AvgIpc) is 2.32. The molecule has 0 spiro atoms. The fourth-order valence-electron chi connectivity index (χ4n) is 1.30. The number of rotatable bonds is 6. The van der Waals surface area contributed by atoms with E-state index in [4.69, 9.17) is 9.47 Å². The Morgan fingerprint density at radius 1 is 1.29 bits per heavy atom. The lowest BCUT2D eigenvalue weighted by Crippen LogP contribution is -2.26. The molecule has 1 aromatic carbocycles. The van der Waals surface area contributed by atoms with Gasteiger partial charge < -0.3 is 9.47 Å². The van der Waals surface area contributed by atoms with Crippen LogP contribution in [0.4, 0.5) is 0 Å². The molecule has 0 amide bonds. The Morgan fingerprint density at radius 3 is 2.53 bits per heavy atom. The van der Waals surface area contributed by atoms with Crippen molar-refractivity contribution in [3.8, 4) is 5.75 Å². The predicted molar refractivity (Wildman–Crippen MR) is 67.1 cm³/mol. The summed E-state index contributed by atoms with van der Waals surface area (Å²) in [7, 11) is 0. The molecule has 0 aliphatic heterocycles. The van der Waals surface area contributed by atoms with Crippen LogP contribution in [-0.2, 0) is 9.53 Å². The van der Waals surface area contributed by atoms with E-state index in [0.29, 0.717) is 12.4 Å². The van der Waals surface area contributed by atoms with E-state index in [0.717, 1.165) is 18.4 Å². The molecule has 0 saturated heterocycles. The van der Waals surface area contributed by atoms with Crippen LogP contribution in [0.15, 0.2) is 24.3 Å². The van der Waals surface area contributed by atoms with Crippen LogP contribution in [0.5, 0.6) is 5.75 Å². The molecular weight excluding hydrogens is 216 g/mol. The molecular formula is C14H20O3. The summed E-state index contributed by atoms with van der Waals surface area (Å²) in [5, 5.41) is 0. The Kier molecular flexibility index (Phi) is 5.53. The number of benzene rings is 1. The van der Waals surface area contributed by atoms with Gasteiger partial charge in [-0.25, -0.2) is 4.79 Å². The topological polar surface area (TPSA) is 35.5 Å². The Balaban J connectivity index is 2.40. The Labute approximate surface area is 103 Å². The van der Waals surface area contributed by atoms with Crippen LogP contribution in [-0.4, -0.2) is 18.7 Å². The summed E-state index contributed by atoms with van der Waals surface area (Å²) in [6.45, 7) is 6.23. The number of aryl methyl sites for hydroxylation is 1. The molecule has 17 heavy (non-hydrogen) atoms. The van der Waals surface area contributed by atoms with E-state index >= 15 is 0 Å². The van der Waals surface area contributed by atoms with Gasteiger partial charge in [0, 0.05) is 0 Å². The van der Waals surface area contributed by atoms with Gasteiger partial charge in [-0.15, -0.1) is 0 Å². The first-order chi connectivity index (χ1) is 8.13. The van der Waals surface area contributed by atoms with Gasteiger partial charge in [0.15, 0.2) is 6.10 Å². The van der Waals surface area contributed by atoms with Crippen LogP contribution < -0.4 is 4.74 Å². The summed E-state index contributed by atoms with van der Waals surface area (Å²) in [4.78, 5) is 11.5. The molecule has 0 radical (unpaired) electrons. The van der Waals surface area contributed by atoms with Gasteiger partial charge in [-0.05, 0) is 32.4 Å². The Bertz CT molecular complexity index is 343. The first kappa shape index (κ1) is 13.6. The first-order valence-corrected chi connectivity index (χ1v) is 6.03. The maximum Gasteiger partial charge on any atom is 0.347 e. The third-order valence-corrected chi connectivity index (χ3v) is 2.41. The van der Waals surface area contributed by atoms with Crippen LogP contribution in [0.3, 0.4) is 0 Å². The zero-order chi connectivity index (χ0) is 12.7. The number of carbonyl (C=O) groups is 1. The van der Waals surface area contributed by atoms with Crippen LogP contribution >= 0.6 is 0 Å². The summed E-state index contributed by atoms with van der Waals surface area (Å²) in [6.07, 6.45) is 1.35. The van der Waals surface area contributed by atoms with Gasteiger partial charge in [-0.3, -0.25) is 0 Å². The smallest absolute Gasteiger partial charge is 0.347 e. The van der Waals surface area contributed by atoms with Crippen molar-refractivity contribution in [2.24, 2.45) is 0 Å². The molecule has 0 fully saturated rings. The summed E-state index contributed by atoms with van der Waals surface area (Å²) in [5.74, 6) is 0.384. The van der Waals surface area contributed by atoms with Gasteiger partial charge in [0.2, 0.25) is 0 Å². The van der Waals surface area contributed by atoms with Crippen molar-refractivity contribution in [2.45, 2.75) is 39.7 Å². The second-order valence-electron chi connectivity index (χ2n) is 4.09. The molecule has 0 unspecified atom stereocenters. The second kappa shape index (κ2) is 6.94. The van der Waals surface area contributed by atoms with Crippen LogP contribution in [0.25, 0.3) is 0 Å². The maximum atomic E-state index is 11.5. The molecule has 0 aromatic heterocycles. The molecule has 0 aliphatic rings. The second-order valence-corrected chi connectivity index (χ2v) is 4.09. The lowest BCUT2D eigenvalue weighted by atomic mass is 10.2. The van der Waals surface area contributed by atoms with E-state index in [1.54, 1.807) is 6.92 Å². The molecule has 1 aromatic rings. The zero-order valence-corrected chi connectivity index (χ0v) is 10.7. The quantitative estimate of drug-likeness (QED) is 0.562. The predicted octanol–water partition coefficient (Wildman–Crippen LogP) is 3.11. The fourth-order valence-corrected chi connectivity index (χ4v) is 1.30. The molecule has 3 nitrogen and oxygen atoms in total. The van der Waals surface area contributed by atoms with Crippen LogP contribution in [0.1, 0.15) is 32.3 Å². The van der Waals surface area contributed by atoms with Gasteiger partial charge in [0.25, 0.3) is 0 Å². The minimum atomic E-state index is -0.561. The van der Waals surface area contributed by atoms with Crippen molar-refractivity contribution in [3.05, 3.63) is 29.8 Å². The van der Waals surface area contributed by atoms with E-state index in [1.807, 2.05) is 31.2 Å². The van der Waals surface area contributed by atoms with E-state index in [9.17, 15) is 4.79 Å². The highest BCUT2D eigenvalue weighted by Crippen LogP contribution is 2.13. The molecule has 3 heteroatoms. The Morgan fingerprint density at radius 2 is 1.94 bits per heavy atom. The molecule has 0 N–H and O–H groups in total. The Hall–Kier alpha value is -1.51. The maximum absolute atomic E-state index is 11.5. The van der Waals surface area contributed by atoms with E-state index in [1.165, 1.54) is 0 Å². The van der Waals surface area contributed by atoms with Crippen LogP contribution in [0, 0.1) is 6.92 Å². The standard InChI is InChI=1S/C14H20O3/c1-4-5-10-16-14(15)12(3)17-13-8-6-11(2)7-9-13/h6-9,12H,4-5,10H2,1-3H3/t12-/m1/s1. The van der Waals surface area contributed by atoms with E-state index in [2.05, 4.69) is 6.92 Å². The number of esters is 1. The van der Waals surface area contributed by atoms with Crippen molar-refractivity contribution in [1.82, 2.24) is 0 Å². The minimum absolute atomic E-state index is 0.306. The molecule has 94 valence electrons. The van der Waals surface area contributed by atoms with Gasteiger partial charge in [0.05, 0.1) is 6.61 Å². The summed E-state index contributed by atoms with van der Waals surface area (Å²) < 4.78 is 10.6. The average molecular weight is 236 g/mol. The largest absolute Gasteiger partial charge is 0.479 e. The number of carbonyl (C=O) groups excluding carboxylic acids is 1. The molecule has 0 heterocycles. The van der Waals surface area contributed by atoms with Crippen molar-refractivity contribution in [2.75, 3.05) is 6.61 Å². The van der Waals surface area contributed by atoms with Gasteiger partial charge >= 0.3 is 5.97 Å². The third kappa shape index (κ3) is 4.89. The van der Waals surface area contributed by atoms with Gasteiger partial charge in [0.1, 0.15) is 5.75 Å². The number of hydrogen-bond acceptors (Lipinski definition) is 3. The first-order valence-electron chi connectivity index (χ1n) is 6.03. The number of ether oxygens (including phenoxy) is 2. The van der Waals surface area contributed by atoms with Crippen molar-refractivity contribution in [3.63, 3.8) is 0 Å². The van der Waals surface area contributed by atoms with E-state index in [-0.39, 0.29) is 5.97 Å². The molecule has 0 saturated carbocycles. The summed E-state index contributed by atoms with van der Waals surface area (Å²) in [5.41, 5.74) is 1.16. The van der Waals surface area contributed by atoms with Crippen LogP contribution in [0.2, 0.25) is 0 Å². The van der Waals surface area contributed by atoms with Gasteiger partial charge in [-0.2, -0.15) is 0 Å². The summed E-state index contributed by atoms with van der Waals surface area (Å²) >= 11 is 0. The highest BCUT2D eigenvalue weighted by atomic mass is 16.6.